The van der Waals surface area contributed by atoms with Crippen LogP contribution >= 0.6 is 0 Å². The summed E-state index contributed by atoms with van der Waals surface area (Å²) in [7, 11) is 0. The monoisotopic (exact) mass is 452 g/mol. The average molecular weight is 452 g/mol. The highest BCUT2D eigenvalue weighted by atomic mass is 16.4. The van der Waals surface area contributed by atoms with Crippen molar-refractivity contribution < 1.29 is 39.3 Å². The maximum Gasteiger partial charge on any atom is 0.325 e. The quantitative estimate of drug-likeness (QED) is 0.176. The zero-order valence-electron chi connectivity index (χ0n) is 17.5. The summed E-state index contributed by atoms with van der Waals surface area (Å²) in [6.07, 6.45) is -0.580. The molecule has 32 heavy (non-hydrogen) atoms. The molecule has 12 heteroatoms. The van der Waals surface area contributed by atoms with Crippen LogP contribution in [0, 0.1) is 0 Å². The molecule has 0 fully saturated rings. The van der Waals surface area contributed by atoms with E-state index in [-0.39, 0.29) is 12.8 Å². The minimum Gasteiger partial charge on any atom is -0.481 e. The molecule has 0 aromatic heterocycles. The van der Waals surface area contributed by atoms with E-state index in [0.717, 1.165) is 5.56 Å². The zero-order valence-corrected chi connectivity index (χ0v) is 17.5. The van der Waals surface area contributed by atoms with Gasteiger partial charge < -0.3 is 37.0 Å². The minimum absolute atomic E-state index is 0.175. The summed E-state index contributed by atoms with van der Waals surface area (Å²) in [5, 5.41) is 33.8. The van der Waals surface area contributed by atoms with Gasteiger partial charge in [-0.15, -0.1) is 0 Å². The van der Waals surface area contributed by atoms with E-state index < -0.39 is 66.9 Å². The van der Waals surface area contributed by atoms with E-state index in [1.54, 1.807) is 30.3 Å². The number of amides is 3. The summed E-state index contributed by atoms with van der Waals surface area (Å²) in [4.78, 5) is 58.9. The van der Waals surface area contributed by atoms with Gasteiger partial charge in [-0.3, -0.25) is 24.0 Å². The van der Waals surface area contributed by atoms with Crippen molar-refractivity contribution in [3.8, 4) is 0 Å². The van der Waals surface area contributed by atoms with E-state index in [1.165, 1.54) is 6.92 Å². The molecule has 1 aromatic rings. The Hall–Kier alpha value is -3.51. The first-order valence-electron chi connectivity index (χ1n) is 9.81. The Labute approximate surface area is 184 Å². The molecule has 1 rings (SSSR count). The van der Waals surface area contributed by atoms with Crippen molar-refractivity contribution >= 4 is 29.7 Å². The number of hydrogen-bond donors (Lipinski definition) is 7. The van der Waals surface area contributed by atoms with Crippen LogP contribution in [0.25, 0.3) is 0 Å². The smallest absolute Gasteiger partial charge is 0.325 e. The van der Waals surface area contributed by atoms with Gasteiger partial charge in [0.15, 0.2) is 0 Å². The molecule has 176 valence electrons. The Morgan fingerprint density at radius 1 is 0.906 bits per heavy atom. The van der Waals surface area contributed by atoms with Crippen LogP contribution in [0.5, 0.6) is 0 Å². The second-order valence-corrected chi connectivity index (χ2v) is 7.10. The van der Waals surface area contributed by atoms with Gasteiger partial charge in [-0.2, -0.15) is 0 Å². The van der Waals surface area contributed by atoms with Gasteiger partial charge in [0.2, 0.25) is 17.7 Å². The molecule has 4 unspecified atom stereocenters. The number of carbonyl (C=O) groups excluding carboxylic acids is 3. The molecule has 0 aliphatic heterocycles. The topological polar surface area (TPSA) is 208 Å². The number of aliphatic hydroxyl groups is 1. The van der Waals surface area contributed by atoms with E-state index in [1.807, 2.05) is 0 Å². The Morgan fingerprint density at radius 3 is 2.00 bits per heavy atom. The number of aliphatic hydroxyl groups excluding tert-OH is 1. The number of nitrogens with two attached hydrogens (primary N) is 1. The average Bonchev–Trinajstić information content (AvgIpc) is 2.74. The van der Waals surface area contributed by atoms with Crippen molar-refractivity contribution in [3.05, 3.63) is 35.9 Å². The highest BCUT2D eigenvalue weighted by molar-refractivity contribution is 5.94. The number of rotatable bonds is 13. The van der Waals surface area contributed by atoms with Crippen molar-refractivity contribution in [1.29, 1.82) is 0 Å². The van der Waals surface area contributed by atoms with Gasteiger partial charge in [0.05, 0.1) is 12.6 Å². The third-order valence-corrected chi connectivity index (χ3v) is 4.46. The third-order valence-electron chi connectivity index (χ3n) is 4.46. The number of carbonyl (C=O) groups is 5. The Balaban J connectivity index is 2.83. The fraction of sp³-hybridized carbons (Fsp3) is 0.450. The molecule has 1 aromatic carbocycles. The lowest BCUT2D eigenvalue weighted by atomic mass is 10.0. The van der Waals surface area contributed by atoms with Gasteiger partial charge in [0, 0.05) is 6.42 Å². The first-order chi connectivity index (χ1) is 15.0. The standard InChI is InChI=1S/C20H28N4O8/c1-11(20(31)32)22-19(30)15(10-25)24-18(29)14(7-8-16(26)27)23-17(28)13(21)9-12-5-3-2-4-6-12/h2-6,11,13-15,25H,7-10,21H2,1H3,(H,22,30)(H,23,28)(H,24,29)(H,26,27)(H,31,32). The van der Waals surface area contributed by atoms with E-state index in [0.29, 0.717) is 0 Å². The van der Waals surface area contributed by atoms with Crippen molar-refractivity contribution in [1.82, 2.24) is 16.0 Å². The van der Waals surface area contributed by atoms with Crippen LogP contribution in [0.15, 0.2) is 30.3 Å². The van der Waals surface area contributed by atoms with Crippen molar-refractivity contribution in [3.63, 3.8) is 0 Å². The van der Waals surface area contributed by atoms with E-state index in [4.69, 9.17) is 15.9 Å². The molecule has 0 radical (unpaired) electrons. The van der Waals surface area contributed by atoms with Crippen molar-refractivity contribution in [2.75, 3.05) is 6.61 Å². The number of benzene rings is 1. The number of carboxylic acid groups (broad SMARTS) is 2. The van der Waals surface area contributed by atoms with Gasteiger partial charge in [-0.25, -0.2) is 0 Å². The van der Waals surface area contributed by atoms with Crippen LogP contribution in [-0.2, 0) is 30.4 Å². The lowest BCUT2D eigenvalue weighted by Crippen LogP contribution is -2.58. The molecule has 0 aliphatic rings. The number of hydrogen-bond acceptors (Lipinski definition) is 7. The minimum atomic E-state index is -1.51. The predicted octanol–water partition coefficient (Wildman–Crippen LogP) is -2.03. The second kappa shape index (κ2) is 13.0. The molecule has 8 N–H and O–H groups in total. The molecule has 0 saturated heterocycles. The van der Waals surface area contributed by atoms with E-state index in [9.17, 15) is 29.1 Å². The molecule has 4 atom stereocenters. The highest BCUT2D eigenvalue weighted by Gasteiger charge is 2.29. The van der Waals surface area contributed by atoms with Gasteiger partial charge >= 0.3 is 11.9 Å². The molecule has 3 amide bonds. The molecule has 0 spiro atoms. The summed E-state index contributed by atoms with van der Waals surface area (Å²) < 4.78 is 0. The number of nitrogens with one attached hydrogen (secondary N) is 3. The summed E-state index contributed by atoms with van der Waals surface area (Å²) in [5.74, 6) is -5.12. The number of aliphatic carboxylic acids is 2. The van der Waals surface area contributed by atoms with Gasteiger partial charge in [-0.05, 0) is 25.3 Å². The van der Waals surface area contributed by atoms with Crippen LogP contribution in [0.4, 0.5) is 0 Å². The lowest BCUT2D eigenvalue weighted by molar-refractivity contribution is -0.142. The largest absolute Gasteiger partial charge is 0.481 e. The fourth-order valence-electron chi connectivity index (χ4n) is 2.62. The van der Waals surface area contributed by atoms with Crippen LogP contribution < -0.4 is 21.7 Å². The van der Waals surface area contributed by atoms with Crippen LogP contribution in [0.1, 0.15) is 25.3 Å². The summed E-state index contributed by atoms with van der Waals surface area (Å²) in [5.41, 5.74) is 6.68. The normalized spacial score (nSPS) is 14.3. The molecular weight excluding hydrogens is 424 g/mol. The molecule has 0 heterocycles. The highest BCUT2D eigenvalue weighted by Crippen LogP contribution is 2.04. The summed E-state index contributed by atoms with van der Waals surface area (Å²) in [6.45, 7) is 0.345. The SMILES string of the molecule is CC(NC(=O)C(CO)NC(=O)C(CCC(=O)O)NC(=O)C(N)Cc1ccccc1)C(=O)O. The molecule has 0 saturated carbocycles. The molecule has 0 bridgehead atoms. The predicted molar refractivity (Wildman–Crippen MR) is 111 cm³/mol. The van der Waals surface area contributed by atoms with Crippen LogP contribution in [-0.4, -0.2) is 75.8 Å². The van der Waals surface area contributed by atoms with Gasteiger partial charge in [0.1, 0.15) is 18.1 Å². The molecular formula is C20H28N4O8. The number of carboxylic acids is 2. The first kappa shape index (κ1) is 26.5. The maximum atomic E-state index is 12.6. The van der Waals surface area contributed by atoms with Crippen LogP contribution in [0.2, 0.25) is 0 Å². The van der Waals surface area contributed by atoms with Crippen LogP contribution in [0.3, 0.4) is 0 Å². The van der Waals surface area contributed by atoms with Crippen molar-refractivity contribution in [2.24, 2.45) is 5.73 Å². The molecule has 0 aliphatic carbocycles. The zero-order chi connectivity index (χ0) is 24.3. The van der Waals surface area contributed by atoms with Crippen molar-refractivity contribution in [2.45, 2.75) is 50.4 Å². The third kappa shape index (κ3) is 9.10. The molecule has 12 nitrogen and oxygen atoms in total. The lowest BCUT2D eigenvalue weighted by Gasteiger charge is -2.23. The van der Waals surface area contributed by atoms with E-state index >= 15 is 0 Å². The second-order valence-electron chi connectivity index (χ2n) is 7.10. The van der Waals surface area contributed by atoms with E-state index in [2.05, 4.69) is 16.0 Å². The Morgan fingerprint density at radius 2 is 1.47 bits per heavy atom. The summed E-state index contributed by atoms with van der Waals surface area (Å²) >= 11 is 0. The maximum absolute atomic E-state index is 12.6. The van der Waals surface area contributed by atoms with Gasteiger partial charge in [-0.1, -0.05) is 30.3 Å². The summed E-state index contributed by atoms with van der Waals surface area (Å²) in [6, 6.07) is 3.73. The van der Waals surface area contributed by atoms with Gasteiger partial charge in [0.25, 0.3) is 0 Å². The Kier molecular flexibility index (Phi) is 10.8. The Bertz CT molecular complexity index is 817. The first-order valence-corrected chi connectivity index (χ1v) is 9.81. The fourth-order valence-corrected chi connectivity index (χ4v) is 2.62.